The van der Waals surface area contributed by atoms with Crippen LogP contribution >= 0.6 is 0 Å². The molecule has 0 unspecified atom stereocenters. The van der Waals surface area contributed by atoms with Crippen molar-refractivity contribution < 1.29 is 0 Å². The molecule has 2 aromatic carbocycles. The standard InChI is InChI=1S/C25H34N2/c1-20(2)15-22-5-9-24(10-6-22)17-26-13-14-27(19-26)18-25-11-7-23(8-12-25)16-21(3)4/h5-14,20-21H,15-19H2,1-4H3. The molecule has 2 nitrogen and oxygen atoms in total. The van der Waals surface area contributed by atoms with Crippen molar-refractivity contribution in [3.05, 3.63) is 83.2 Å². The Kier molecular flexibility index (Phi) is 6.60. The van der Waals surface area contributed by atoms with Crippen molar-refractivity contribution in [3.63, 3.8) is 0 Å². The summed E-state index contributed by atoms with van der Waals surface area (Å²) in [5, 5.41) is 0. The van der Waals surface area contributed by atoms with Crippen molar-refractivity contribution in [2.45, 2.75) is 53.6 Å². The van der Waals surface area contributed by atoms with Gasteiger partial charge < -0.3 is 9.80 Å². The van der Waals surface area contributed by atoms with Gasteiger partial charge in [0.15, 0.2) is 0 Å². The Morgan fingerprint density at radius 1 is 0.593 bits per heavy atom. The molecule has 1 aliphatic heterocycles. The van der Waals surface area contributed by atoms with Crippen LogP contribution in [0, 0.1) is 11.8 Å². The lowest BCUT2D eigenvalue weighted by atomic mass is 10.0. The molecule has 0 fully saturated rings. The molecule has 0 bridgehead atoms. The fourth-order valence-corrected chi connectivity index (χ4v) is 3.69. The zero-order valence-corrected chi connectivity index (χ0v) is 17.4. The lowest BCUT2D eigenvalue weighted by molar-refractivity contribution is 0.254. The second-order valence-corrected chi connectivity index (χ2v) is 8.76. The number of rotatable bonds is 8. The van der Waals surface area contributed by atoms with E-state index in [4.69, 9.17) is 0 Å². The average Bonchev–Trinajstić information content (AvgIpc) is 3.04. The highest BCUT2D eigenvalue weighted by Gasteiger charge is 2.13. The minimum Gasteiger partial charge on any atom is -0.354 e. The minimum atomic E-state index is 0.713. The van der Waals surface area contributed by atoms with Crippen molar-refractivity contribution >= 4 is 0 Å². The minimum absolute atomic E-state index is 0.713. The molecule has 0 aliphatic carbocycles. The highest BCUT2D eigenvalue weighted by atomic mass is 15.3. The summed E-state index contributed by atoms with van der Waals surface area (Å²) in [6.07, 6.45) is 6.76. The van der Waals surface area contributed by atoms with Gasteiger partial charge in [-0.25, -0.2) is 0 Å². The topological polar surface area (TPSA) is 6.48 Å². The van der Waals surface area contributed by atoms with Gasteiger partial charge in [0, 0.05) is 25.5 Å². The number of benzene rings is 2. The third kappa shape index (κ3) is 6.16. The Morgan fingerprint density at radius 2 is 0.926 bits per heavy atom. The van der Waals surface area contributed by atoms with Crippen LogP contribution in [0.2, 0.25) is 0 Å². The predicted octanol–water partition coefficient (Wildman–Crippen LogP) is 5.83. The van der Waals surface area contributed by atoms with Crippen LogP contribution in [0.25, 0.3) is 0 Å². The van der Waals surface area contributed by atoms with E-state index in [2.05, 4.69) is 98.4 Å². The third-order valence-corrected chi connectivity index (χ3v) is 4.96. The monoisotopic (exact) mass is 362 g/mol. The Hall–Kier alpha value is -2.22. The van der Waals surface area contributed by atoms with Gasteiger partial charge in [-0.1, -0.05) is 76.2 Å². The van der Waals surface area contributed by atoms with E-state index in [9.17, 15) is 0 Å². The molecule has 1 heterocycles. The maximum atomic E-state index is 2.38. The second-order valence-electron chi connectivity index (χ2n) is 8.76. The Labute approximate surface area is 165 Å². The van der Waals surface area contributed by atoms with Crippen LogP contribution in [0.4, 0.5) is 0 Å². The summed E-state index contributed by atoms with van der Waals surface area (Å²) in [4.78, 5) is 4.76. The molecule has 0 amide bonds. The van der Waals surface area contributed by atoms with Gasteiger partial charge in [0.05, 0.1) is 6.67 Å². The Bertz CT molecular complexity index is 662. The van der Waals surface area contributed by atoms with Crippen LogP contribution in [0.5, 0.6) is 0 Å². The molecule has 1 aliphatic rings. The Morgan fingerprint density at radius 3 is 1.26 bits per heavy atom. The lowest BCUT2D eigenvalue weighted by Gasteiger charge is -2.22. The number of nitrogens with zero attached hydrogens (tertiary/aromatic N) is 2. The summed E-state index contributed by atoms with van der Waals surface area (Å²) in [5.41, 5.74) is 5.64. The first-order valence-electron chi connectivity index (χ1n) is 10.3. The first-order valence-corrected chi connectivity index (χ1v) is 10.3. The molecule has 0 spiro atoms. The largest absolute Gasteiger partial charge is 0.354 e. The van der Waals surface area contributed by atoms with Crippen LogP contribution in [-0.4, -0.2) is 16.5 Å². The van der Waals surface area contributed by atoms with Crippen molar-refractivity contribution in [1.82, 2.24) is 9.80 Å². The summed E-state index contributed by atoms with van der Waals surface area (Å²) in [5.74, 6) is 1.43. The van der Waals surface area contributed by atoms with E-state index in [1.807, 2.05) is 0 Å². The van der Waals surface area contributed by atoms with E-state index in [0.717, 1.165) is 32.6 Å². The quantitative estimate of drug-likeness (QED) is 0.583. The molecule has 0 radical (unpaired) electrons. The third-order valence-electron chi connectivity index (χ3n) is 4.96. The van der Waals surface area contributed by atoms with E-state index in [1.165, 1.54) is 22.3 Å². The summed E-state index contributed by atoms with van der Waals surface area (Å²) >= 11 is 0. The molecule has 27 heavy (non-hydrogen) atoms. The molecular formula is C25H34N2. The normalized spacial score (nSPS) is 14.0. The highest BCUT2D eigenvalue weighted by molar-refractivity contribution is 5.24. The molecule has 3 rings (SSSR count). The summed E-state index contributed by atoms with van der Waals surface area (Å²) in [6, 6.07) is 18.3. The fraction of sp³-hybridized carbons (Fsp3) is 0.440. The van der Waals surface area contributed by atoms with Gasteiger partial charge in [0.2, 0.25) is 0 Å². The van der Waals surface area contributed by atoms with Crippen LogP contribution < -0.4 is 0 Å². The van der Waals surface area contributed by atoms with E-state index < -0.39 is 0 Å². The summed E-state index contributed by atoms with van der Waals surface area (Å²) < 4.78 is 0. The van der Waals surface area contributed by atoms with Crippen LogP contribution in [-0.2, 0) is 25.9 Å². The zero-order valence-electron chi connectivity index (χ0n) is 17.4. The van der Waals surface area contributed by atoms with Gasteiger partial charge in [-0.15, -0.1) is 0 Å². The molecule has 144 valence electrons. The predicted molar refractivity (Wildman–Crippen MR) is 115 cm³/mol. The molecule has 0 saturated heterocycles. The van der Waals surface area contributed by atoms with Gasteiger partial charge in [-0.3, -0.25) is 0 Å². The fourth-order valence-electron chi connectivity index (χ4n) is 3.69. The van der Waals surface area contributed by atoms with Gasteiger partial charge >= 0.3 is 0 Å². The van der Waals surface area contributed by atoms with Crippen molar-refractivity contribution in [2.75, 3.05) is 6.67 Å². The van der Waals surface area contributed by atoms with Crippen LogP contribution in [0.15, 0.2) is 60.9 Å². The highest BCUT2D eigenvalue weighted by Crippen LogP contribution is 2.17. The maximum absolute atomic E-state index is 2.38. The van der Waals surface area contributed by atoms with Gasteiger partial charge in [-0.2, -0.15) is 0 Å². The summed E-state index contributed by atoms with van der Waals surface area (Å²) in [6.45, 7) is 12.0. The number of hydrogen-bond acceptors (Lipinski definition) is 2. The smallest absolute Gasteiger partial charge is 0.0900 e. The van der Waals surface area contributed by atoms with E-state index in [1.54, 1.807) is 0 Å². The van der Waals surface area contributed by atoms with Crippen LogP contribution in [0.3, 0.4) is 0 Å². The van der Waals surface area contributed by atoms with Crippen molar-refractivity contribution in [3.8, 4) is 0 Å². The maximum Gasteiger partial charge on any atom is 0.0900 e. The second kappa shape index (κ2) is 9.12. The average molecular weight is 363 g/mol. The first kappa shape index (κ1) is 19.5. The van der Waals surface area contributed by atoms with E-state index in [0.29, 0.717) is 11.8 Å². The number of hydrogen-bond donors (Lipinski definition) is 0. The van der Waals surface area contributed by atoms with Crippen molar-refractivity contribution in [2.24, 2.45) is 11.8 Å². The van der Waals surface area contributed by atoms with Gasteiger partial charge in [-0.05, 0) is 46.9 Å². The van der Waals surface area contributed by atoms with Crippen molar-refractivity contribution in [1.29, 1.82) is 0 Å². The first-order chi connectivity index (χ1) is 13.0. The SMILES string of the molecule is CC(C)Cc1ccc(CN2C=CN(Cc3ccc(CC(C)C)cc3)C2)cc1. The Balaban J connectivity index is 1.48. The molecule has 0 N–H and O–H groups in total. The molecule has 0 aromatic heterocycles. The van der Waals surface area contributed by atoms with E-state index in [-0.39, 0.29) is 0 Å². The summed E-state index contributed by atoms with van der Waals surface area (Å²) in [7, 11) is 0. The molecular weight excluding hydrogens is 328 g/mol. The zero-order chi connectivity index (χ0) is 19.2. The molecule has 0 saturated carbocycles. The van der Waals surface area contributed by atoms with E-state index >= 15 is 0 Å². The van der Waals surface area contributed by atoms with Crippen LogP contribution in [0.1, 0.15) is 49.9 Å². The van der Waals surface area contributed by atoms with Gasteiger partial charge in [0.25, 0.3) is 0 Å². The molecule has 2 aromatic rings. The van der Waals surface area contributed by atoms with Gasteiger partial charge in [0.1, 0.15) is 0 Å². The molecule has 0 atom stereocenters. The molecule has 2 heteroatoms. The lowest BCUT2D eigenvalue weighted by Crippen LogP contribution is -2.24.